The van der Waals surface area contributed by atoms with Crippen LogP contribution in [0.25, 0.3) is 16.7 Å². The minimum atomic E-state index is -4.55. The topological polar surface area (TPSA) is 115 Å². The summed E-state index contributed by atoms with van der Waals surface area (Å²) >= 11 is 0. The summed E-state index contributed by atoms with van der Waals surface area (Å²) in [6, 6.07) is 7.08. The van der Waals surface area contributed by atoms with Crippen LogP contribution in [0.15, 0.2) is 58.6 Å². The Balaban J connectivity index is 1.65. The Bertz CT molecular complexity index is 1400. The minimum absolute atomic E-state index is 0.00561. The van der Waals surface area contributed by atoms with E-state index in [0.29, 0.717) is 11.7 Å². The number of fused-ring (bicyclic) bond motifs is 1. The molecule has 0 saturated heterocycles. The van der Waals surface area contributed by atoms with Crippen LogP contribution < -0.4 is 10.3 Å². The molecule has 3 heterocycles. The third kappa shape index (κ3) is 3.43. The van der Waals surface area contributed by atoms with Crippen molar-refractivity contribution in [3.63, 3.8) is 0 Å². The number of hydrogen-bond donors (Lipinski definition) is 2. The summed E-state index contributed by atoms with van der Waals surface area (Å²) in [6.07, 6.45) is -2.17. The average molecular weight is 438 g/mol. The number of benzene rings is 1. The lowest BCUT2D eigenvalue weighted by Crippen LogP contribution is -2.15. The number of hydrogen-bond acceptors (Lipinski definition) is 5. The van der Waals surface area contributed by atoms with E-state index in [9.17, 15) is 26.4 Å². The van der Waals surface area contributed by atoms with Gasteiger partial charge in [-0.3, -0.25) is 19.3 Å². The Morgan fingerprint density at radius 3 is 2.53 bits per heavy atom. The third-order valence-corrected chi connectivity index (χ3v) is 5.67. The average Bonchev–Trinajstić information content (AvgIpc) is 3.28. The first-order valence-electron chi connectivity index (χ1n) is 8.35. The van der Waals surface area contributed by atoms with E-state index >= 15 is 0 Å². The monoisotopic (exact) mass is 438 g/mol. The maximum Gasteiger partial charge on any atom is 0.419 e. The predicted octanol–water partition coefficient (Wildman–Crippen LogP) is 2.27. The van der Waals surface area contributed by atoms with E-state index in [1.165, 1.54) is 22.9 Å². The first-order chi connectivity index (χ1) is 14.1. The first-order valence-corrected chi connectivity index (χ1v) is 9.83. The quantitative estimate of drug-likeness (QED) is 0.507. The van der Waals surface area contributed by atoms with Gasteiger partial charge in [-0.15, -0.1) is 0 Å². The van der Waals surface area contributed by atoms with E-state index in [0.717, 1.165) is 17.1 Å². The molecule has 1 aromatic carbocycles. The fourth-order valence-corrected chi connectivity index (χ4v) is 3.89. The van der Waals surface area contributed by atoms with E-state index in [2.05, 4.69) is 19.9 Å². The zero-order valence-corrected chi connectivity index (χ0v) is 16.0. The molecule has 0 atom stereocenters. The molecule has 0 spiro atoms. The predicted molar refractivity (Wildman–Crippen MR) is 101 cm³/mol. The van der Waals surface area contributed by atoms with E-state index in [1.807, 2.05) is 0 Å². The van der Waals surface area contributed by atoms with Gasteiger partial charge >= 0.3 is 6.18 Å². The van der Waals surface area contributed by atoms with Crippen molar-refractivity contribution in [3.05, 3.63) is 64.8 Å². The van der Waals surface area contributed by atoms with Crippen molar-refractivity contribution in [1.82, 2.24) is 24.5 Å². The van der Waals surface area contributed by atoms with E-state index < -0.39 is 27.3 Å². The molecule has 0 aliphatic carbocycles. The lowest BCUT2D eigenvalue weighted by molar-refractivity contribution is -0.137. The van der Waals surface area contributed by atoms with Gasteiger partial charge in [0.2, 0.25) is 0 Å². The normalized spacial score (nSPS) is 12.4. The molecule has 0 bridgehead atoms. The molecule has 0 aliphatic heterocycles. The highest BCUT2D eigenvalue weighted by atomic mass is 32.2. The highest BCUT2D eigenvalue weighted by Crippen LogP contribution is 2.29. The summed E-state index contributed by atoms with van der Waals surface area (Å²) in [5.74, 6) is 0.00561. The van der Waals surface area contributed by atoms with Crippen LogP contribution in [0.2, 0.25) is 0 Å². The van der Waals surface area contributed by atoms with Gasteiger partial charge in [-0.2, -0.15) is 18.3 Å². The zero-order valence-electron chi connectivity index (χ0n) is 15.2. The number of alkyl halides is 3. The number of nitrogens with zero attached hydrogens (tertiary/aromatic N) is 4. The van der Waals surface area contributed by atoms with Gasteiger partial charge in [0.15, 0.2) is 5.82 Å². The van der Waals surface area contributed by atoms with Crippen molar-refractivity contribution in [3.8, 4) is 5.82 Å². The molecule has 4 rings (SSSR count). The summed E-state index contributed by atoms with van der Waals surface area (Å²) in [5, 5.41) is 6.30. The summed E-state index contributed by atoms with van der Waals surface area (Å²) in [4.78, 5) is 15.7. The van der Waals surface area contributed by atoms with Crippen molar-refractivity contribution < 1.29 is 21.6 Å². The Hall–Kier alpha value is -3.61. The second-order valence-electron chi connectivity index (χ2n) is 6.33. The summed E-state index contributed by atoms with van der Waals surface area (Å²) in [7, 11) is -2.50. The highest BCUT2D eigenvalue weighted by molar-refractivity contribution is 7.92. The first kappa shape index (κ1) is 19.7. The van der Waals surface area contributed by atoms with Crippen molar-refractivity contribution in [2.75, 3.05) is 4.72 Å². The number of aromatic amines is 1. The number of nitrogens with one attached hydrogen (secondary N) is 2. The van der Waals surface area contributed by atoms with Crippen LogP contribution in [-0.4, -0.2) is 33.0 Å². The van der Waals surface area contributed by atoms with Crippen molar-refractivity contribution >= 4 is 26.6 Å². The van der Waals surface area contributed by atoms with Crippen LogP contribution in [0.4, 0.5) is 18.9 Å². The molecule has 0 unspecified atom stereocenters. The molecule has 9 nitrogen and oxygen atoms in total. The largest absolute Gasteiger partial charge is 0.419 e. The standard InChI is InChI=1S/C17H13F3N6O3S/c1-25-13-4-2-3-12(15(13)16(27)23-25)24-30(28,29)11-5-6-14(21-8-11)26-9-10(7-22-26)17(18,19)20/h2-9,24H,1H3,(H,23,27). The minimum Gasteiger partial charge on any atom is -0.287 e. The number of aryl methyl sites for hydroxylation is 1. The molecule has 3 aromatic heterocycles. The summed E-state index contributed by atoms with van der Waals surface area (Å²) in [5.41, 5.74) is -0.824. The fourth-order valence-electron chi connectivity index (χ4n) is 2.88. The van der Waals surface area contributed by atoms with Gasteiger partial charge in [0.1, 0.15) is 4.90 Å². The van der Waals surface area contributed by atoms with E-state index in [1.54, 1.807) is 19.2 Å². The maximum absolute atomic E-state index is 12.7. The number of anilines is 1. The SMILES string of the molecule is Cn1[nH]c(=O)c2c(NS(=O)(=O)c3ccc(-n4cc(C(F)(F)F)cn4)nc3)cccc21. The molecule has 156 valence electrons. The van der Waals surface area contributed by atoms with Gasteiger partial charge in [0.25, 0.3) is 15.6 Å². The summed E-state index contributed by atoms with van der Waals surface area (Å²) in [6.45, 7) is 0. The Morgan fingerprint density at radius 2 is 1.90 bits per heavy atom. The Kier molecular flexibility index (Phi) is 4.42. The van der Waals surface area contributed by atoms with Crippen LogP contribution in [-0.2, 0) is 23.2 Å². The summed E-state index contributed by atoms with van der Waals surface area (Å²) < 4.78 is 68.2. The van der Waals surface area contributed by atoms with Crippen LogP contribution in [0.3, 0.4) is 0 Å². The van der Waals surface area contributed by atoms with Crippen molar-refractivity contribution in [2.24, 2.45) is 7.05 Å². The van der Waals surface area contributed by atoms with Gasteiger partial charge in [-0.25, -0.2) is 18.1 Å². The van der Waals surface area contributed by atoms with Crippen LogP contribution in [0.5, 0.6) is 0 Å². The molecule has 0 aliphatic rings. The van der Waals surface area contributed by atoms with Gasteiger partial charge in [-0.1, -0.05) is 6.07 Å². The third-order valence-electron chi connectivity index (χ3n) is 4.32. The molecular weight excluding hydrogens is 425 g/mol. The molecule has 0 radical (unpaired) electrons. The lowest BCUT2D eigenvalue weighted by Gasteiger charge is -2.09. The molecule has 0 amide bonds. The lowest BCUT2D eigenvalue weighted by atomic mass is 10.2. The Morgan fingerprint density at radius 1 is 1.13 bits per heavy atom. The number of sulfonamides is 1. The molecule has 4 aromatic rings. The smallest absolute Gasteiger partial charge is 0.287 e. The molecule has 30 heavy (non-hydrogen) atoms. The molecule has 13 heteroatoms. The van der Waals surface area contributed by atoms with Crippen molar-refractivity contribution in [1.29, 1.82) is 0 Å². The van der Waals surface area contributed by atoms with Gasteiger partial charge < -0.3 is 0 Å². The molecule has 0 fully saturated rings. The molecular formula is C17H13F3N6O3S. The molecule has 2 N–H and O–H groups in total. The van der Waals surface area contributed by atoms with Crippen molar-refractivity contribution in [2.45, 2.75) is 11.1 Å². The van der Waals surface area contributed by atoms with Gasteiger partial charge in [-0.05, 0) is 24.3 Å². The van der Waals surface area contributed by atoms with Crippen LogP contribution in [0, 0.1) is 0 Å². The van der Waals surface area contributed by atoms with Gasteiger partial charge in [0.05, 0.1) is 28.4 Å². The number of aromatic nitrogens is 5. The van der Waals surface area contributed by atoms with Crippen LogP contribution in [0.1, 0.15) is 5.56 Å². The van der Waals surface area contributed by atoms with E-state index in [-0.39, 0.29) is 21.8 Å². The number of rotatable bonds is 4. The Labute approximate surface area is 166 Å². The van der Waals surface area contributed by atoms with Crippen LogP contribution >= 0.6 is 0 Å². The second kappa shape index (κ2) is 6.73. The number of halogens is 3. The zero-order chi connectivity index (χ0) is 21.7. The maximum atomic E-state index is 12.7. The molecule has 0 saturated carbocycles. The highest BCUT2D eigenvalue weighted by Gasteiger charge is 2.32. The second-order valence-corrected chi connectivity index (χ2v) is 8.01. The fraction of sp³-hybridized carbons (Fsp3) is 0.118. The van der Waals surface area contributed by atoms with E-state index in [4.69, 9.17) is 0 Å². The number of H-pyrrole nitrogens is 1. The van der Waals surface area contributed by atoms with Gasteiger partial charge in [0, 0.05) is 19.4 Å². The number of pyridine rings is 1.